The molecule has 0 bridgehead atoms. The van der Waals surface area contributed by atoms with E-state index >= 15 is 0 Å². The third kappa shape index (κ3) is 5.54. The Hall–Kier alpha value is -1.40. The summed E-state index contributed by atoms with van der Waals surface area (Å²) in [6.07, 6.45) is 2.53. The van der Waals surface area contributed by atoms with Gasteiger partial charge < -0.3 is 11.5 Å². The van der Waals surface area contributed by atoms with Crippen molar-refractivity contribution in [2.75, 3.05) is 11.5 Å². The van der Waals surface area contributed by atoms with Crippen LogP contribution in [0, 0.1) is 0 Å². The molecule has 8 nitrogen and oxygen atoms in total. The Morgan fingerprint density at radius 3 is 1.32 bits per heavy atom. The molecule has 0 fully saturated rings. The molecule has 0 aliphatic heterocycles. The van der Waals surface area contributed by atoms with Gasteiger partial charge in [-0.1, -0.05) is 24.3 Å². The molecule has 11 heteroatoms. The summed E-state index contributed by atoms with van der Waals surface area (Å²) in [5, 5.41) is 0. The summed E-state index contributed by atoms with van der Waals surface area (Å²) in [4.78, 5) is -0.856. The van der Waals surface area contributed by atoms with E-state index in [4.69, 9.17) is 11.5 Å². The van der Waals surface area contributed by atoms with Crippen LogP contribution in [-0.2, 0) is 20.2 Å². The van der Waals surface area contributed by atoms with Crippen LogP contribution in [0.3, 0.4) is 0 Å². The van der Waals surface area contributed by atoms with Crippen molar-refractivity contribution in [3.8, 4) is 0 Å². The van der Waals surface area contributed by atoms with E-state index in [1.165, 1.54) is 36.4 Å². The number of benzene rings is 2. The van der Waals surface area contributed by atoms with Gasteiger partial charge in [-0.25, -0.2) is 0 Å². The minimum absolute atomic E-state index is 0. The van der Waals surface area contributed by atoms with Crippen molar-refractivity contribution in [3.05, 3.63) is 47.5 Å². The predicted octanol–water partition coefficient (Wildman–Crippen LogP) is 0.866. The van der Waals surface area contributed by atoms with Crippen LogP contribution in [0.2, 0.25) is 0 Å². The average Bonchev–Trinajstić information content (AvgIpc) is 2.45. The third-order valence-corrected chi connectivity index (χ3v) is 4.89. The molecule has 2 aromatic carbocycles. The van der Waals surface area contributed by atoms with Gasteiger partial charge in [0.2, 0.25) is 0 Å². The van der Waals surface area contributed by atoms with Crippen molar-refractivity contribution in [1.82, 2.24) is 0 Å². The van der Waals surface area contributed by atoms with Gasteiger partial charge >= 0.3 is 29.6 Å². The second-order valence-corrected chi connectivity index (χ2v) is 7.66. The van der Waals surface area contributed by atoms with E-state index in [1.54, 1.807) is 0 Å². The van der Waals surface area contributed by atoms with E-state index in [0.717, 1.165) is 12.1 Å². The second-order valence-electron chi connectivity index (χ2n) is 4.88. The normalized spacial score (nSPS) is 12.1. The molecule has 0 aromatic heterocycles. The fourth-order valence-electron chi connectivity index (χ4n) is 2.00. The molecule has 0 aliphatic carbocycles. The standard InChI is InChI=1S/C14H14N2O6S2.Na.H/c15-11-5-3-9(13(7-11)23(17,18)19)1-2-10-4-6-12(16)8-14(10)24(20,21)22;;/h1-8H,15-16H2,(H,17,18,19)(H,20,21,22);;. The molecule has 130 valence electrons. The Morgan fingerprint density at radius 1 is 0.720 bits per heavy atom. The first-order valence-electron chi connectivity index (χ1n) is 6.40. The van der Waals surface area contributed by atoms with E-state index in [0.29, 0.717) is 0 Å². The summed E-state index contributed by atoms with van der Waals surface area (Å²) in [6, 6.07) is 7.67. The summed E-state index contributed by atoms with van der Waals surface area (Å²) in [5.41, 5.74) is 11.4. The maximum atomic E-state index is 11.4. The van der Waals surface area contributed by atoms with Gasteiger partial charge in [0, 0.05) is 11.4 Å². The summed E-state index contributed by atoms with van der Waals surface area (Å²) < 4.78 is 64.1. The zero-order valence-corrected chi connectivity index (χ0v) is 13.8. The van der Waals surface area contributed by atoms with E-state index in [-0.39, 0.29) is 52.1 Å². The first kappa shape index (κ1) is 21.6. The SMILES string of the molecule is Nc1ccc(C=Cc2ccc(N)cc2S(=O)(=O)O)c(S(=O)(=O)O)c1.[NaH]. The molecule has 25 heavy (non-hydrogen) atoms. The Bertz CT molecular complexity index is 950. The van der Waals surface area contributed by atoms with Crippen LogP contribution >= 0.6 is 0 Å². The molecule has 0 atom stereocenters. The molecule has 0 radical (unpaired) electrons. The first-order valence-corrected chi connectivity index (χ1v) is 9.28. The van der Waals surface area contributed by atoms with Gasteiger partial charge in [0.25, 0.3) is 20.2 Å². The van der Waals surface area contributed by atoms with Crippen LogP contribution in [0.25, 0.3) is 12.2 Å². The maximum absolute atomic E-state index is 11.4. The van der Waals surface area contributed by atoms with Crippen molar-refractivity contribution in [2.24, 2.45) is 0 Å². The Kier molecular flexibility index (Phi) is 6.81. The van der Waals surface area contributed by atoms with Crippen molar-refractivity contribution in [1.29, 1.82) is 0 Å². The van der Waals surface area contributed by atoms with Crippen molar-refractivity contribution >= 4 is 73.3 Å². The molecular weight excluding hydrogens is 379 g/mol. The molecule has 6 N–H and O–H groups in total. The second kappa shape index (κ2) is 7.87. The van der Waals surface area contributed by atoms with Crippen molar-refractivity contribution in [2.45, 2.75) is 9.79 Å². The Labute approximate surface area is 167 Å². The number of nitrogens with two attached hydrogens (primary N) is 2. The van der Waals surface area contributed by atoms with Crippen LogP contribution in [0.1, 0.15) is 11.1 Å². The summed E-state index contributed by atoms with van der Waals surface area (Å²) in [5.74, 6) is 0. The quantitative estimate of drug-likeness (QED) is 0.257. The summed E-state index contributed by atoms with van der Waals surface area (Å²) in [6.45, 7) is 0. The third-order valence-electron chi connectivity index (χ3n) is 3.07. The first-order chi connectivity index (χ1) is 11.0. The number of rotatable bonds is 4. The van der Waals surface area contributed by atoms with E-state index in [2.05, 4.69) is 0 Å². The molecule has 0 amide bonds. The molecule has 0 saturated heterocycles. The van der Waals surface area contributed by atoms with Gasteiger partial charge in [0.05, 0.1) is 0 Å². The average molecular weight is 394 g/mol. The van der Waals surface area contributed by atoms with Crippen LogP contribution < -0.4 is 11.5 Å². The zero-order chi connectivity index (χ0) is 18.1. The van der Waals surface area contributed by atoms with Crippen LogP contribution in [0.4, 0.5) is 11.4 Å². The molecule has 0 saturated carbocycles. The minimum atomic E-state index is -4.52. The van der Waals surface area contributed by atoms with Crippen LogP contribution in [0.5, 0.6) is 0 Å². The molecule has 2 rings (SSSR count). The van der Waals surface area contributed by atoms with Crippen molar-refractivity contribution in [3.63, 3.8) is 0 Å². The molecule has 0 heterocycles. The topological polar surface area (TPSA) is 161 Å². The molecule has 0 unspecified atom stereocenters. The van der Waals surface area contributed by atoms with Gasteiger partial charge in [-0.05, 0) is 35.4 Å². The fourth-order valence-corrected chi connectivity index (χ4v) is 3.44. The molecule has 0 spiro atoms. The Morgan fingerprint density at radius 2 is 1.04 bits per heavy atom. The fraction of sp³-hybridized carbons (Fsp3) is 0. The number of hydrogen-bond acceptors (Lipinski definition) is 6. The van der Waals surface area contributed by atoms with E-state index < -0.39 is 30.0 Å². The molecule has 2 aromatic rings. The van der Waals surface area contributed by atoms with Gasteiger partial charge in [0.15, 0.2) is 0 Å². The Balaban J connectivity index is 0.00000312. The van der Waals surface area contributed by atoms with Gasteiger partial charge in [-0.15, -0.1) is 0 Å². The zero-order valence-electron chi connectivity index (χ0n) is 12.1. The van der Waals surface area contributed by atoms with E-state index in [1.807, 2.05) is 0 Å². The van der Waals surface area contributed by atoms with Gasteiger partial charge in [-0.2, -0.15) is 16.8 Å². The molecule has 0 aliphatic rings. The van der Waals surface area contributed by atoms with Gasteiger partial charge in [0.1, 0.15) is 9.79 Å². The van der Waals surface area contributed by atoms with Crippen LogP contribution in [-0.4, -0.2) is 55.5 Å². The van der Waals surface area contributed by atoms with Crippen LogP contribution in [0.15, 0.2) is 46.2 Å². The predicted molar refractivity (Wildman–Crippen MR) is 97.4 cm³/mol. The number of nitrogen functional groups attached to an aromatic ring is 2. The van der Waals surface area contributed by atoms with E-state index in [9.17, 15) is 25.9 Å². The number of anilines is 2. The summed E-state index contributed by atoms with van der Waals surface area (Å²) in [7, 11) is -9.05. The number of hydrogen-bond donors (Lipinski definition) is 4. The van der Waals surface area contributed by atoms with Gasteiger partial charge in [-0.3, -0.25) is 9.11 Å². The monoisotopic (exact) mass is 394 g/mol. The molecular formula is C14H15N2NaO6S2. The summed E-state index contributed by atoms with van der Waals surface area (Å²) >= 11 is 0. The van der Waals surface area contributed by atoms with Crippen molar-refractivity contribution < 1.29 is 25.9 Å².